The smallest absolute Gasteiger partial charge is 0.289 e. The number of para-hydroxylation sites is 1. The standard InChI is InChI=1S/C22H17ClN6O2S/c1-29-19(16(23)12-24-29)21(31)27-28-22(32)26-20(30)15-11-18(13-7-3-2-4-8-13)25-17-10-6-5-9-14(15)17/h2-12H,1H3,(H,27,31)(H2,26,28,30,32). The molecule has 2 heterocycles. The predicted molar refractivity (Wildman–Crippen MR) is 126 cm³/mol. The lowest BCUT2D eigenvalue weighted by atomic mass is 10.0. The average molecular weight is 465 g/mol. The molecular weight excluding hydrogens is 448 g/mol. The number of fused-ring (bicyclic) bond motifs is 1. The second-order valence-electron chi connectivity index (χ2n) is 6.77. The molecule has 4 rings (SSSR count). The van der Waals surface area contributed by atoms with E-state index in [9.17, 15) is 9.59 Å². The average Bonchev–Trinajstić information content (AvgIpc) is 3.15. The Morgan fingerprint density at radius 3 is 2.44 bits per heavy atom. The molecule has 8 nitrogen and oxygen atoms in total. The zero-order valence-corrected chi connectivity index (χ0v) is 18.4. The molecule has 10 heteroatoms. The highest BCUT2D eigenvalue weighted by atomic mass is 35.5. The Bertz CT molecular complexity index is 1320. The topological polar surface area (TPSA) is 101 Å². The molecule has 2 aromatic heterocycles. The van der Waals surface area contributed by atoms with Gasteiger partial charge in [0.25, 0.3) is 11.8 Å². The Balaban J connectivity index is 1.53. The molecule has 0 spiro atoms. The van der Waals surface area contributed by atoms with E-state index in [1.165, 1.54) is 10.9 Å². The number of aromatic nitrogens is 3. The molecule has 3 N–H and O–H groups in total. The SMILES string of the molecule is Cn1ncc(Cl)c1C(=O)NNC(=S)NC(=O)c1cc(-c2ccccc2)nc2ccccc12. The first-order chi connectivity index (χ1) is 15.4. The lowest BCUT2D eigenvalue weighted by Gasteiger charge is -2.13. The van der Waals surface area contributed by atoms with E-state index in [0.717, 1.165) is 5.56 Å². The maximum atomic E-state index is 13.0. The summed E-state index contributed by atoms with van der Waals surface area (Å²) in [5.41, 5.74) is 7.68. The minimum absolute atomic E-state index is 0.0798. The highest BCUT2D eigenvalue weighted by Gasteiger charge is 2.18. The Morgan fingerprint density at radius 1 is 1.00 bits per heavy atom. The van der Waals surface area contributed by atoms with Gasteiger partial charge in [0, 0.05) is 18.0 Å². The number of benzene rings is 2. The van der Waals surface area contributed by atoms with Crippen LogP contribution in [-0.4, -0.2) is 31.7 Å². The van der Waals surface area contributed by atoms with Crippen LogP contribution in [0.1, 0.15) is 20.8 Å². The number of rotatable bonds is 3. The van der Waals surface area contributed by atoms with Crippen molar-refractivity contribution in [1.29, 1.82) is 0 Å². The number of carbonyl (C=O) groups is 2. The molecular formula is C22H17ClN6O2S. The molecule has 2 amide bonds. The summed E-state index contributed by atoms with van der Waals surface area (Å²) in [4.78, 5) is 30.0. The first kappa shape index (κ1) is 21.4. The van der Waals surface area contributed by atoms with Crippen LogP contribution < -0.4 is 16.2 Å². The van der Waals surface area contributed by atoms with Crippen molar-refractivity contribution in [3.05, 3.63) is 83.1 Å². The molecule has 2 aromatic carbocycles. The minimum atomic E-state index is -0.549. The zero-order chi connectivity index (χ0) is 22.7. The van der Waals surface area contributed by atoms with Gasteiger partial charge in [-0.1, -0.05) is 60.1 Å². The lowest BCUT2D eigenvalue weighted by molar-refractivity contribution is 0.0927. The number of hydrogen-bond acceptors (Lipinski definition) is 5. The summed E-state index contributed by atoms with van der Waals surface area (Å²) in [7, 11) is 1.58. The number of pyridine rings is 1. The van der Waals surface area contributed by atoms with Gasteiger partial charge in [-0.25, -0.2) is 4.98 Å². The van der Waals surface area contributed by atoms with Crippen LogP contribution >= 0.6 is 23.8 Å². The third kappa shape index (κ3) is 4.43. The number of nitrogens with one attached hydrogen (secondary N) is 3. The number of hydrazine groups is 1. The van der Waals surface area contributed by atoms with Crippen LogP contribution in [0.2, 0.25) is 5.02 Å². The van der Waals surface area contributed by atoms with Gasteiger partial charge in [-0.15, -0.1) is 0 Å². The van der Waals surface area contributed by atoms with Crippen molar-refractivity contribution in [2.45, 2.75) is 0 Å². The summed E-state index contributed by atoms with van der Waals surface area (Å²) in [6, 6.07) is 18.6. The molecule has 0 radical (unpaired) electrons. The van der Waals surface area contributed by atoms with Gasteiger partial charge in [0.2, 0.25) is 0 Å². The number of nitrogens with zero attached hydrogens (tertiary/aromatic N) is 3. The molecule has 0 aliphatic heterocycles. The molecule has 32 heavy (non-hydrogen) atoms. The highest BCUT2D eigenvalue weighted by Crippen LogP contribution is 2.24. The van der Waals surface area contributed by atoms with Crippen LogP contribution in [0.4, 0.5) is 0 Å². The largest absolute Gasteiger partial charge is 0.298 e. The summed E-state index contributed by atoms with van der Waals surface area (Å²) >= 11 is 11.1. The van der Waals surface area contributed by atoms with Gasteiger partial charge in [0.05, 0.1) is 28.0 Å². The first-order valence-electron chi connectivity index (χ1n) is 9.48. The molecule has 0 atom stereocenters. The van der Waals surface area contributed by atoms with Crippen molar-refractivity contribution in [2.24, 2.45) is 7.05 Å². The minimum Gasteiger partial charge on any atom is -0.298 e. The molecule has 160 valence electrons. The van der Waals surface area contributed by atoms with Gasteiger partial charge < -0.3 is 0 Å². The molecule has 0 fully saturated rings. The highest BCUT2D eigenvalue weighted by molar-refractivity contribution is 7.80. The summed E-state index contributed by atoms with van der Waals surface area (Å²) in [6.45, 7) is 0. The fraction of sp³-hybridized carbons (Fsp3) is 0.0455. The Morgan fingerprint density at radius 2 is 1.72 bits per heavy atom. The fourth-order valence-electron chi connectivity index (χ4n) is 3.16. The van der Waals surface area contributed by atoms with Crippen molar-refractivity contribution in [3.8, 4) is 11.3 Å². The van der Waals surface area contributed by atoms with Gasteiger partial charge in [0.1, 0.15) is 5.69 Å². The molecule has 0 aliphatic carbocycles. The monoisotopic (exact) mass is 464 g/mol. The van der Waals surface area contributed by atoms with E-state index in [1.54, 1.807) is 13.1 Å². The Labute approximate surface area is 193 Å². The maximum Gasteiger partial charge on any atom is 0.289 e. The summed E-state index contributed by atoms with van der Waals surface area (Å²) in [5.74, 6) is -0.988. The zero-order valence-electron chi connectivity index (χ0n) is 16.8. The lowest BCUT2D eigenvalue weighted by Crippen LogP contribution is -2.48. The van der Waals surface area contributed by atoms with Crippen LogP contribution in [-0.2, 0) is 7.05 Å². The molecule has 0 saturated carbocycles. The number of amides is 2. The van der Waals surface area contributed by atoms with Gasteiger partial charge in [-0.3, -0.25) is 30.4 Å². The number of carbonyl (C=O) groups excluding carboxylic acids is 2. The molecule has 0 bridgehead atoms. The summed E-state index contributed by atoms with van der Waals surface area (Å²) in [5, 5.41) is 7.27. The van der Waals surface area contributed by atoms with Crippen molar-refractivity contribution in [2.75, 3.05) is 0 Å². The van der Waals surface area contributed by atoms with Gasteiger partial charge >= 0.3 is 0 Å². The normalized spacial score (nSPS) is 10.6. The van der Waals surface area contributed by atoms with E-state index in [0.29, 0.717) is 22.2 Å². The summed E-state index contributed by atoms with van der Waals surface area (Å²) < 4.78 is 1.33. The van der Waals surface area contributed by atoms with E-state index in [1.807, 2.05) is 54.6 Å². The second kappa shape index (κ2) is 9.13. The van der Waals surface area contributed by atoms with Crippen LogP contribution in [0.15, 0.2) is 66.9 Å². The summed E-state index contributed by atoms with van der Waals surface area (Å²) in [6.07, 6.45) is 1.36. The quantitative estimate of drug-likeness (QED) is 0.318. The van der Waals surface area contributed by atoms with Crippen molar-refractivity contribution >= 4 is 51.6 Å². The Hall–Kier alpha value is -3.82. The van der Waals surface area contributed by atoms with Crippen LogP contribution in [0.5, 0.6) is 0 Å². The fourth-order valence-corrected chi connectivity index (χ4v) is 3.56. The van der Waals surface area contributed by atoms with E-state index < -0.39 is 11.8 Å². The van der Waals surface area contributed by atoms with E-state index in [2.05, 4.69) is 26.3 Å². The number of halogens is 1. The number of aryl methyl sites for hydroxylation is 1. The predicted octanol–water partition coefficient (Wildman–Crippen LogP) is 3.24. The van der Waals surface area contributed by atoms with Crippen LogP contribution in [0.25, 0.3) is 22.2 Å². The van der Waals surface area contributed by atoms with Gasteiger partial charge in [0.15, 0.2) is 5.11 Å². The number of hydrogen-bond donors (Lipinski definition) is 3. The van der Waals surface area contributed by atoms with Gasteiger partial charge in [-0.2, -0.15) is 5.10 Å². The third-order valence-electron chi connectivity index (χ3n) is 4.66. The van der Waals surface area contributed by atoms with E-state index in [-0.39, 0.29) is 15.8 Å². The van der Waals surface area contributed by atoms with Crippen LogP contribution in [0.3, 0.4) is 0 Å². The number of thiocarbonyl (C=S) groups is 1. The second-order valence-corrected chi connectivity index (χ2v) is 7.58. The van der Waals surface area contributed by atoms with Crippen molar-refractivity contribution in [1.82, 2.24) is 30.9 Å². The third-order valence-corrected chi connectivity index (χ3v) is 5.14. The first-order valence-corrected chi connectivity index (χ1v) is 10.3. The van der Waals surface area contributed by atoms with Crippen LogP contribution in [0, 0.1) is 0 Å². The van der Waals surface area contributed by atoms with Crippen molar-refractivity contribution in [3.63, 3.8) is 0 Å². The van der Waals surface area contributed by atoms with E-state index >= 15 is 0 Å². The molecule has 0 saturated heterocycles. The molecule has 0 unspecified atom stereocenters. The van der Waals surface area contributed by atoms with Gasteiger partial charge in [-0.05, 0) is 24.4 Å². The van der Waals surface area contributed by atoms with Crippen molar-refractivity contribution < 1.29 is 9.59 Å². The maximum absolute atomic E-state index is 13.0. The molecule has 0 aliphatic rings. The Kier molecular flexibility index (Phi) is 6.11. The molecule has 4 aromatic rings. The van der Waals surface area contributed by atoms with E-state index in [4.69, 9.17) is 23.8 Å².